The number of rotatable bonds is 3. The molecule has 0 bridgehead atoms. The van der Waals surface area contributed by atoms with Crippen LogP contribution in [-0.4, -0.2) is 22.1 Å². The van der Waals surface area contributed by atoms with Crippen LogP contribution in [0.2, 0.25) is 0 Å². The van der Waals surface area contributed by atoms with Crippen LogP contribution in [0.3, 0.4) is 0 Å². The molecule has 1 aromatic heterocycles. The first-order valence-corrected chi connectivity index (χ1v) is 7.86. The summed E-state index contributed by atoms with van der Waals surface area (Å²) in [7, 11) is 0. The summed E-state index contributed by atoms with van der Waals surface area (Å²) in [6.45, 7) is 7.62. The second-order valence-corrected chi connectivity index (χ2v) is 6.15. The highest BCUT2D eigenvalue weighted by atomic mass is 15.1. The predicted molar refractivity (Wildman–Crippen MR) is 84.2 cm³/mol. The molecule has 0 amide bonds. The number of imidazole rings is 1. The average Bonchev–Trinajstić information content (AvgIpc) is 2.83. The van der Waals surface area contributed by atoms with Crippen LogP contribution in [0.5, 0.6) is 0 Å². The fourth-order valence-corrected chi connectivity index (χ4v) is 3.46. The first kappa shape index (κ1) is 13.6. The third kappa shape index (κ3) is 2.47. The second kappa shape index (κ2) is 5.57. The molecular weight excluding hydrogens is 246 g/mol. The Morgan fingerprint density at radius 1 is 1.25 bits per heavy atom. The fraction of sp³-hybridized carbons (Fsp3) is 0.588. The van der Waals surface area contributed by atoms with Crippen molar-refractivity contribution in [1.29, 1.82) is 0 Å². The van der Waals surface area contributed by atoms with Crippen LogP contribution in [0.4, 0.5) is 0 Å². The van der Waals surface area contributed by atoms with Gasteiger partial charge in [0, 0.05) is 12.1 Å². The van der Waals surface area contributed by atoms with Gasteiger partial charge in [-0.25, -0.2) is 4.98 Å². The number of fused-ring (bicyclic) bond motifs is 1. The monoisotopic (exact) mass is 271 g/mol. The Morgan fingerprint density at radius 2 is 2.05 bits per heavy atom. The topological polar surface area (TPSA) is 29.9 Å². The van der Waals surface area contributed by atoms with Crippen molar-refractivity contribution in [2.45, 2.75) is 58.5 Å². The Balaban J connectivity index is 1.91. The minimum Gasteiger partial charge on any atom is -0.327 e. The van der Waals surface area contributed by atoms with Gasteiger partial charge in [-0.3, -0.25) is 0 Å². The van der Waals surface area contributed by atoms with Crippen LogP contribution in [0.1, 0.15) is 49.8 Å². The predicted octanol–water partition coefficient (Wildman–Crippen LogP) is 3.75. The molecule has 0 spiro atoms. The normalized spacial score (nSPS) is 23.4. The molecule has 108 valence electrons. The third-order valence-electron chi connectivity index (χ3n) is 4.72. The summed E-state index contributed by atoms with van der Waals surface area (Å²) in [6, 6.07) is 5.78. The second-order valence-electron chi connectivity index (χ2n) is 6.15. The van der Waals surface area contributed by atoms with Gasteiger partial charge < -0.3 is 9.88 Å². The van der Waals surface area contributed by atoms with E-state index in [1.54, 1.807) is 0 Å². The lowest BCUT2D eigenvalue weighted by Gasteiger charge is -2.30. The molecule has 1 aliphatic rings. The first-order valence-electron chi connectivity index (χ1n) is 7.86. The molecular formula is C17H25N3. The molecule has 0 radical (unpaired) electrons. The molecule has 1 aromatic carbocycles. The molecule has 1 aliphatic carbocycles. The van der Waals surface area contributed by atoms with Crippen LogP contribution >= 0.6 is 0 Å². The van der Waals surface area contributed by atoms with Crippen molar-refractivity contribution in [1.82, 2.24) is 14.9 Å². The zero-order chi connectivity index (χ0) is 14.1. The number of aryl methyl sites for hydroxylation is 2. The molecule has 1 N–H and O–H groups in total. The van der Waals surface area contributed by atoms with Gasteiger partial charge in [0.05, 0.1) is 17.4 Å². The zero-order valence-electron chi connectivity index (χ0n) is 12.8. The van der Waals surface area contributed by atoms with Crippen LogP contribution in [0.25, 0.3) is 11.0 Å². The van der Waals surface area contributed by atoms with Gasteiger partial charge >= 0.3 is 0 Å². The summed E-state index contributed by atoms with van der Waals surface area (Å²) >= 11 is 0. The highest BCUT2D eigenvalue weighted by Crippen LogP contribution is 2.31. The molecule has 0 saturated heterocycles. The average molecular weight is 271 g/mol. The fourth-order valence-electron chi connectivity index (χ4n) is 3.46. The van der Waals surface area contributed by atoms with E-state index in [9.17, 15) is 0 Å². The molecule has 3 heteroatoms. The van der Waals surface area contributed by atoms with Gasteiger partial charge in [0.15, 0.2) is 0 Å². The number of benzene rings is 1. The Kier molecular flexibility index (Phi) is 3.79. The minimum atomic E-state index is 0.597. The zero-order valence-corrected chi connectivity index (χ0v) is 12.8. The molecule has 20 heavy (non-hydrogen) atoms. The number of aromatic nitrogens is 2. The van der Waals surface area contributed by atoms with E-state index in [1.165, 1.54) is 42.3 Å². The standard InChI is InChI=1S/C17H25N3/c1-4-18-14-6-5-7-15(10-14)20-11-19-16-8-12(2)13(3)9-17(16)20/h8-9,11,14-15,18H,4-7,10H2,1-3H3. The molecule has 3 nitrogen and oxygen atoms in total. The largest absolute Gasteiger partial charge is 0.327 e. The lowest BCUT2D eigenvalue weighted by Crippen LogP contribution is -2.34. The van der Waals surface area contributed by atoms with E-state index in [1.807, 2.05) is 6.33 Å². The Hall–Kier alpha value is -1.35. The maximum atomic E-state index is 4.61. The van der Waals surface area contributed by atoms with Gasteiger partial charge in [-0.15, -0.1) is 0 Å². The molecule has 1 heterocycles. The van der Waals surface area contributed by atoms with E-state index < -0.39 is 0 Å². The summed E-state index contributed by atoms with van der Waals surface area (Å²) < 4.78 is 2.41. The summed E-state index contributed by atoms with van der Waals surface area (Å²) in [5.74, 6) is 0. The van der Waals surface area contributed by atoms with Crippen molar-refractivity contribution in [2.75, 3.05) is 6.54 Å². The molecule has 2 aromatic rings. The van der Waals surface area contributed by atoms with Gasteiger partial charge in [-0.05, 0) is 69.3 Å². The summed E-state index contributed by atoms with van der Waals surface area (Å²) in [6.07, 6.45) is 7.18. The molecule has 2 atom stereocenters. The lowest BCUT2D eigenvalue weighted by atomic mass is 9.90. The van der Waals surface area contributed by atoms with Crippen molar-refractivity contribution >= 4 is 11.0 Å². The van der Waals surface area contributed by atoms with Crippen LogP contribution in [0.15, 0.2) is 18.5 Å². The summed E-state index contributed by atoms with van der Waals surface area (Å²) in [4.78, 5) is 4.61. The smallest absolute Gasteiger partial charge is 0.0960 e. The number of nitrogens with zero attached hydrogens (tertiary/aromatic N) is 2. The Morgan fingerprint density at radius 3 is 2.85 bits per heavy atom. The quantitative estimate of drug-likeness (QED) is 0.921. The number of hydrogen-bond acceptors (Lipinski definition) is 2. The highest BCUT2D eigenvalue weighted by molar-refractivity contribution is 5.77. The molecule has 1 saturated carbocycles. The maximum absolute atomic E-state index is 4.61. The van der Waals surface area contributed by atoms with E-state index in [2.05, 4.69) is 47.8 Å². The van der Waals surface area contributed by atoms with Crippen molar-refractivity contribution in [3.8, 4) is 0 Å². The van der Waals surface area contributed by atoms with Crippen molar-refractivity contribution in [3.63, 3.8) is 0 Å². The highest BCUT2D eigenvalue weighted by Gasteiger charge is 2.23. The van der Waals surface area contributed by atoms with Crippen LogP contribution < -0.4 is 5.32 Å². The Labute approximate surface area is 121 Å². The third-order valence-corrected chi connectivity index (χ3v) is 4.72. The van der Waals surface area contributed by atoms with E-state index >= 15 is 0 Å². The molecule has 0 aliphatic heterocycles. The molecule has 3 rings (SSSR count). The van der Waals surface area contributed by atoms with Gasteiger partial charge in [-0.2, -0.15) is 0 Å². The van der Waals surface area contributed by atoms with Crippen molar-refractivity contribution in [2.24, 2.45) is 0 Å². The van der Waals surface area contributed by atoms with Gasteiger partial charge in [-0.1, -0.05) is 6.92 Å². The number of hydrogen-bond donors (Lipinski definition) is 1. The number of nitrogens with one attached hydrogen (secondary N) is 1. The lowest BCUT2D eigenvalue weighted by molar-refractivity contribution is 0.292. The van der Waals surface area contributed by atoms with Crippen molar-refractivity contribution < 1.29 is 0 Å². The van der Waals surface area contributed by atoms with Gasteiger partial charge in [0.2, 0.25) is 0 Å². The Bertz CT molecular complexity index is 598. The van der Waals surface area contributed by atoms with E-state index in [0.717, 1.165) is 12.1 Å². The maximum Gasteiger partial charge on any atom is 0.0960 e. The van der Waals surface area contributed by atoms with E-state index in [0.29, 0.717) is 12.1 Å². The van der Waals surface area contributed by atoms with Crippen molar-refractivity contribution in [3.05, 3.63) is 29.6 Å². The first-order chi connectivity index (χ1) is 9.69. The summed E-state index contributed by atoms with van der Waals surface area (Å²) in [5.41, 5.74) is 5.13. The minimum absolute atomic E-state index is 0.597. The summed E-state index contributed by atoms with van der Waals surface area (Å²) in [5, 5.41) is 3.61. The van der Waals surface area contributed by atoms with Crippen LogP contribution in [0, 0.1) is 13.8 Å². The van der Waals surface area contributed by atoms with E-state index in [4.69, 9.17) is 0 Å². The van der Waals surface area contributed by atoms with Crippen LogP contribution in [-0.2, 0) is 0 Å². The van der Waals surface area contributed by atoms with E-state index in [-0.39, 0.29) is 0 Å². The SMILES string of the molecule is CCNC1CCCC(n2cnc3cc(C)c(C)cc32)C1. The molecule has 2 unspecified atom stereocenters. The molecule has 1 fully saturated rings. The van der Waals surface area contributed by atoms with Gasteiger partial charge in [0.25, 0.3) is 0 Å². The van der Waals surface area contributed by atoms with Gasteiger partial charge in [0.1, 0.15) is 0 Å².